The van der Waals surface area contributed by atoms with Gasteiger partial charge in [-0.05, 0) is 39.0 Å². The third-order valence-electron chi connectivity index (χ3n) is 9.70. The van der Waals surface area contributed by atoms with Crippen molar-refractivity contribution in [1.29, 1.82) is 0 Å². The van der Waals surface area contributed by atoms with Gasteiger partial charge in [-0.15, -0.1) is 0 Å². The van der Waals surface area contributed by atoms with Gasteiger partial charge in [0.1, 0.15) is 17.3 Å². The number of hydrogen-bond acceptors (Lipinski definition) is 7. The van der Waals surface area contributed by atoms with E-state index in [1.807, 2.05) is 13.8 Å². The second-order valence-corrected chi connectivity index (χ2v) is 10.2. The summed E-state index contributed by atoms with van der Waals surface area (Å²) in [5, 5.41) is 23.6. The number of hydrogen-bond donors (Lipinski definition) is 2. The zero-order chi connectivity index (χ0) is 21.2. The van der Waals surface area contributed by atoms with Crippen LogP contribution in [-0.2, 0) is 23.9 Å². The molecule has 0 aromatic heterocycles. The monoisotopic (exact) mass is 404 g/mol. The zero-order valence-electron chi connectivity index (χ0n) is 17.3. The van der Waals surface area contributed by atoms with Crippen LogP contribution in [-0.4, -0.2) is 51.8 Å². The fraction of sp³-hybridized carbons (Fsp3) is 0.773. The number of rotatable bonds is 2. The van der Waals surface area contributed by atoms with Crippen molar-refractivity contribution in [3.8, 4) is 0 Å². The minimum Gasteiger partial charge on any atom is -0.426 e. The summed E-state index contributed by atoms with van der Waals surface area (Å²) >= 11 is 0. The van der Waals surface area contributed by atoms with Gasteiger partial charge >= 0.3 is 5.97 Å². The van der Waals surface area contributed by atoms with Gasteiger partial charge in [0.25, 0.3) is 5.79 Å². The van der Waals surface area contributed by atoms with Gasteiger partial charge in [-0.3, -0.25) is 9.59 Å². The van der Waals surface area contributed by atoms with Crippen LogP contribution in [0.1, 0.15) is 59.8 Å². The van der Waals surface area contributed by atoms with Crippen LogP contribution in [0.15, 0.2) is 11.1 Å². The van der Waals surface area contributed by atoms with Crippen molar-refractivity contribution in [2.45, 2.75) is 77.3 Å². The maximum Gasteiger partial charge on any atom is 0.337 e. The predicted octanol–water partition coefficient (Wildman–Crippen LogP) is 1.44. The lowest BCUT2D eigenvalue weighted by Crippen LogP contribution is -2.84. The molecule has 1 heterocycles. The Morgan fingerprint density at radius 1 is 1.24 bits per heavy atom. The summed E-state index contributed by atoms with van der Waals surface area (Å²) < 4.78 is 11.9. The molecule has 0 radical (unpaired) electrons. The molecule has 29 heavy (non-hydrogen) atoms. The molecule has 6 rings (SSSR count). The molecule has 1 aliphatic heterocycles. The van der Waals surface area contributed by atoms with Crippen molar-refractivity contribution in [3.63, 3.8) is 0 Å². The van der Waals surface area contributed by atoms with Crippen molar-refractivity contribution in [3.05, 3.63) is 11.1 Å². The van der Waals surface area contributed by atoms with E-state index in [2.05, 4.69) is 0 Å². The number of carbonyl (C=O) groups excluding carboxylic acids is 3. The smallest absolute Gasteiger partial charge is 0.337 e. The number of aliphatic hydroxyl groups is 2. The minimum absolute atomic E-state index is 0.0154. The van der Waals surface area contributed by atoms with E-state index in [1.165, 1.54) is 0 Å². The van der Waals surface area contributed by atoms with E-state index >= 15 is 0 Å². The van der Waals surface area contributed by atoms with Gasteiger partial charge in [0.15, 0.2) is 5.78 Å². The molecule has 7 nitrogen and oxygen atoms in total. The van der Waals surface area contributed by atoms with Gasteiger partial charge in [0.2, 0.25) is 0 Å². The third kappa shape index (κ3) is 1.63. The van der Waals surface area contributed by atoms with Gasteiger partial charge in [-0.25, -0.2) is 4.79 Å². The number of ketones is 2. The van der Waals surface area contributed by atoms with E-state index in [0.717, 1.165) is 0 Å². The molecule has 0 aromatic rings. The molecular weight excluding hydrogens is 376 g/mol. The summed E-state index contributed by atoms with van der Waals surface area (Å²) in [6.07, 6.45) is 0.384. The summed E-state index contributed by atoms with van der Waals surface area (Å²) in [5.41, 5.74) is -4.14. The maximum atomic E-state index is 13.5. The maximum absolute atomic E-state index is 13.5. The first-order chi connectivity index (χ1) is 13.4. The average molecular weight is 404 g/mol. The summed E-state index contributed by atoms with van der Waals surface area (Å²) in [6.45, 7) is 7.02. The molecule has 6 aliphatic rings. The molecule has 5 fully saturated rings. The van der Waals surface area contributed by atoms with Crippen LogP contribution in [0.25, 0.3) is 0 Å². The third-order valence-corrected chi connectivity index (χ3v) is 9.70. The van der Waals surface area contributed by atoms with E-state index in [-0.39, 0.29) is 48.9 Å². The number of esters is 1. The Hall–Kier alpha value is -1.57. The highest BCUT2D eigenvalue weighted by atomic mass is 16.7. The lowest BCUT2D eigenvalue weighted by atomic mass is 9.35. The first-order valence-electron chi connectivity index (χ1n) is 10.5. The van der Waals surface area contributed by atoms with Crippen LogP contribution in [0.2, 0.25) is 0 Å². The van der Waals surface area contributed by atoms with E-state index in [1.54, 1.807) is 13.8 Å². The summed E-state index contributed by atoms with van der Waals surface area (Å²) in [6, 6.07) is 0. The molecule has 1 saturated heterocycles. The largest absolute Gasteiger partial charge is 0.426 e. The lowest BCUT2D eigenvalue weighted by Gasteiger charge is -2.70. The molecule has 5 aliphatic carbocycles. The van der Waals surface area contributed by atoms with Gasteiger partial charge in [-0.2, -0.15) is 0 Å². The number of allylic oxidation sites excluding steroid dienone is 1. The molecule has 4 saturated carbocycles. The molecule has 1 spiro atoms. The Morgan fingerprint density at radius 3 is 2.55 bits per heavy atom. The molecule has 4 bridgehead atoms. The highest BCUT2D eigenvalue weighted by molar-refractivity contribution is 6.07. The molecular formula is C22H28O7. The Kier molecular flexibility index (Phi) is 3.47. The van der Waals surface area contributed by atoms with Crippen LogP contribution in [0.3, 0.4) is 0 Å². The summed E-state index contributed by atoms with van der Waals surface area (Å²) in [4.78, 5) is 38.5. The van der Waals surface area contributed by atoms with E-state index < -0.39 is 39.7 Å². The molecule has 7 atom stereocenters. The average Bonchev–Trinajstić information content (AvgIpc) is 3.22. The van der Waals surface area contributed by atoms with Crippen molar-refractivity contribution < 1.29 is 34.1 Å². The molecule has 158 valence electrons. The van der Waals surface area contributed by atoms with E-state index in [9.17, 15) is 24.6 Å². The lowest BCUT2D eigenvalue weighted by molar-refractivity contribution is -0.369. The topological polar surface area (TPSA) is 110 Å². The van der Waals surface area contributed by atoms with Crippen molar-refractivity contribution >= 4 is 17.5 Å². The van der Waals surface area contributed by atoms with Crippen LogP contribution in [0.4, 0.5) is 0 Å². The van der Waals surface area contributed by atoms with Crippen molar-refractivity contribution in [1.82, 2.24) is 0 Å². The van der Waals surface area contributed by atoms with Crippen LogP contribution < -0.4 is 0 Å². The zero-order valence-corrected chi connectivity index (χ0v) is 17.3. The SMILES string of the molecule is CC1=C(C(=O)O[C@@]23OC[C@]4(C)[C@@]5(O)CC[C@@H](C)[C@@]5(CC(=O)[C@]24C)[C@H]3O)CCC1=O. The van der Waals surface area contributed by atoms with E-state index in [0.29, 0.717) is 18.4 Å². The van der Waals surface area contributed by atoms with Crippen LogP contribution in [0.5, 0.6) is 0 Å². The number of Topliss-reactive ketones (excluding diaryl/α,β-unsaturated/α-hetero) is 2. The molecule has 0 unspecified atom stereocenters. The van der Waals surface area contributed by atoms with Gasteiger partial charge in [-0.1, -0.05) is 13.8 Å². The fourth-order valence-corrected chi connectivity index (χ4v) is 7.54. The number of fused-ring (bicyclic) bond motifs is 1. The highest BCUT2D eigenvalue weighted by Gasteiger charge is 2.93. The highest BCUT2D eigenvalue weighted by Crippen LogP contribution is 2.80. The summed E-state index contributed by atoms with van der Waals surface area (Å²) in [7, 11) is 0. The number of carbonyl (C=O) groups is 3. The Morgan fingerprint density at radius 2 is 1.93 bits per heavy atom. The van der Waals surface area contributed by atoms with Crippen LogP contribution >= 0.6 is 0 Å². The Bertz CT molecular complexity index is 907. The molecule has 0 amide bonds. The first kappa shape index (κ1) is 19.4. The number of aliphatic hydroxyl groups excluding tert-OH is 1. The molecule has 7 heteroatoms. The molecule has 2 N–H and O–H groups in total. The fourth-order valence-electron chi connectivity index (χ4n) is 7.54. The van der Waals surface area contributed by atoms with Gasteiger partial charge < -0.3 is 19.7 Å². The second kappa shape index (κ2) is 5.18. The predicted molar refractivity (Wildman–Crippen MR) is 99.3 cm³/mol. The van der Waals surface area contributed by atoms with E-state index in [4.69, 9.17) is 9.47 Å². The summed E-state index contributed by atoms with van der Waals surface area (Å²) in [5.74, 6) is -2.97. The van der Waals surface area contributed by atoms with Crippen LogP contribution in [0, 0.1) is 22.2 Å². The molecule has 0 aromatic carbocycles. The number of ether oxygens (including phenoxy) is 2. The van der Waals surface area contributed by atoms with Gasteiger partial charge in [0, 0.05) is 34.8 Å². The second-order valence-electron chi connectivity index (χ2n) is 10.2. The Labute approximate surface area is 169 Å². The standard InChI is InChI=1S/C22H28O7/c1-11-7-8-21(27)18(3)10-28-22(29-16(25)13-5-6-14(23)12(13)2)17(26)20(11,21)9-15(24)19(18,22)4/h11,17,26-27H,5-10H2,1-4H3/t11-,17-,18+,19+,20+,21+,22-/m1/s1. The quantitative estimate of drug-likeness (QED) is 0.670. The van der Waals surface area contributed by atoms with Gasteiger partial charge in [0.05, 0.1) is 12.2 Å². The Balaban J connectivity index is 1.68. The minimum atomic E-state index is -1.86. The first-order valence-corrected chi connectivity index (χ1v) is 10.5. The van der Waals surface area contributed by atoms with Crippen molar-refractivity contribution in [2.75, 3.05) is 6.61 Å². The normalized spacial score (nSPS) is 53.0. The van der Waals surface area contributed by atoms with Crippen molar-refractivity contribution in [2.24, 2.45) is 22.2 Å².